The predicted molar refractivity (Wildman–Crippen MR) is 86.5 cm³/mol. The highest BCUT2D eigenvalue weighted by atomic mass is 127. The Bertz CT molecular complexity index is 566. The molecule has 0 aliphatic heterocycles. The highest BCUT2D eigenvalue weighted by molar-refractivity contribution is 14.1. The summed E-state index contributed by atoms with van der Waals surface area (Å²) >= 11 is 13.9. The standard InChI is InChI=1S/C13H12Cl2INO2/c14-3-5-18-6-7-19-13-11(16)8-10(15)9-2-1-4-17-12(9)13/h1-2,4,8H,3,5-7H2. The third-order valence-electron chi connectivity index (χ3n) is 2.45. The normalized spacial score (nSPS) is 10.9. The van der Waals surface area contributed by atoms with Crippen LogP contribution >= 0.6 is 45.8 Å². The Hall–Kier alpha value is -0.300. The van der Waals surface area contributed by atoms with E-state index in [1.54, 1.807) is 6.20 Å². The average molecular weight is 412 g/mol. The molecular formula is C13H12Cl2INO2. The van der Waals surface area contributed by atoms with E-state index in [0.717, 1.165) is 20.2 Å². The van der Waals surface area contributed by atoms with Gasteiger partial charge in [0, 0.05) is 17.5 Å². The Balaban J connectivity index is 2.18. The van der Waals surface area contributed by atoms with E-state index in [1.165, 1.54) is 0 Å². The van der Waals surface area contributed by atoms with Gasteiger partial charge in [0.25, 0.3) is 0 Å². The Kier molecular flexibility index (Phi) is 5.94. The summed E-state index contributed by atoms with van der Waals surface area (Å²) in [4.78, 5) is 4.34. The molecule has 6 heteroatoms. The van der Waals surface area contributed by atoms with Crippen LogP contribution in [-0.4, -0.2) is 30.7 Å². The molecule has 19 heavy (non-hydrogen) atoms. The lowest BCUT2D eigenvalue weighted by Crippen LogP contribution is -2.09. The van der Waals surface area contributed by atoms with Gasteiger partial charge in [0.15, 0.2) is 5.75 Å². The maximum atomic E-state index is 6.20. The van der Waals surface area contributed by atoms with E-state index in [9.17, 15) is 0 Å². The highest BCUT2D eigenvalue weighted by Crippen LogP contribution is 2.34. The number of ether oxygens (including phenoxy) is 2. The van der Waals surface area contributed by atoms with Gasteiger partial charge in [-0.05, 0) is 40.8 Å². The van der Waals surface area contributed by atoms with E-state index >= 15 is 0 Å². The van der Waals surface area contributed by atoms with Gasteiger partial charge in [0.05, 0.1) is 21.8 Å². The molecule has 0 amide bonds. The molecule has 2 rings (SSSR count). The first-order valence-electron chi connectivity index (χ1n) is 5.73. The lowest BCUT2D eigenvalue weighted by Gasteiger charge is -2.11. The quantitative estimate of drug-likeness (QED) is 0.407. The topological polar surface area (TPSA) is 31.4 Å². The van der Waals surface area contributed by atoms with Crippen LogP contribution in [0.2, 0.25) is 5.02 Å². The summed E-state index contributed by atoms with van der Waals surface area (Å²) in [5, 5.41) is 1.57. The fraction of sp³-hybridized carbons (Fsp3) is 0.308. The van der Waals surface area contributed by atoms with Gasteiger partial charge in [-0.3, -0.25) is 4.98 Å². The van der Waals surface area contributed by atoms with E-state index in [2.05, 4.69) is 27.6 Å². The molecule has 102 valence electrons. The molecule has 3 nitrogen and oxygen atoms in total. The summed E-state index contributed by atoms with van der Waals surface area (Å²) < 4.78 is 12.0. The average Bonchev–Trinajstić information content (AvgIpc) is 2.42. The van der Waals surface area contributed by atoms with Gasteiger partial charge in [-0.1, -0.05) is 11.6 Å². The molecule has 0 N–H and O–H groups in total. The van der Waals surface area contributed by atoms with Crippen LogP contribution in [0.4, 0.5) is 0 Å². The van der Waals surface area contributed by atoms with Crippen LogP contribution in [0, 0.1) is 3.57 Å². The first-order valence-corrected chi connectivity index (χ1v) is 7.72. The highest BCUT2D eigenvalue weighted by Gasteiger charge is 2.11. The summed E-state index contributed by atoms with van der Waals surface area (Å²) in [6.45, 7) is 1.49. The Morgan fingerprint density at radius 1 is 1.26 bits per heavy atom. The number of halogens is 3. The summed E-state index contributed by atoms with van der Waals surface area (Å²) in [6.07, 6.45) is 1.73. The lowest BCUT2D eigenvalue weighted by atomic mass is 10.2. The molecule has 0 aliphatic rings. The third-order valence-corrected chi connectivity index (χ3v) is 3.71. The Morgan fingerprint density at radius 2 is 2.11 bits per heavy atom. The van der Waals surface area contributed by atoms with Crippen molar-refractivity contribution in [3.8, 4) is 5.75 Å². The van der Waals surface area contributed by atoms with Crippen LogP contribution < -0.4 is 4.74 Å². The van der Waals surface area contributed by atoms with E-state index < -0.39 is 0 Å². The number of aromatic nitrogens is 1. The van der Waals surface area contributed by atoms with Crippen LogP contribution in [0.3, 0.4) is 0 Å². The zero-order chi connectivity index (χ0) is 13.7. The van der Waals surface area contributed by atoms with Crippen molar-refractivity contribution in [1.29, 1.82) is 0 Å². The molecule has 1 aromatic carbocycles. The fourth-order valence-corrected chi connectivity index (χ4v) is 2.92. The largest absolute Gasteiger partial charge is 0.488 e. The zero-order valence-electron chi connectivity index (χ0n) is 10.0. The van der Waals surface area contributed by atoms with E-state index in [4.69, 9.17) is 32.7 Å². The van der Waals surface area contributed by atoms with Crippen molar-refractivity contribution in [3.05, 3.63) is 33.0 Å². The van der Waals surface area contributed by atoms with Crippen molar-refractivity contribution in [2.24, 2.45) is 0 Å². The predicted octanol–water partition coefficient (Wildman–Crippen LogP) is 4.13. The first-order chi connectivity index (χ1) is 9.24. The van der Waals surface area contributed by atoms with Crippen molar-refractivity contribution in [1.82, 2.24) is 4.98 Å². The Morgan fingerprint density at radius 3 is 2.89 bits per heavy atom. The maximum Gasteiger partial charge on any atom is 0.159 e. The van der Waals surface area contributed by atoms with E-state index in [1.807, 2.05) is 18.2 Å². The summed E-state index contributed by atoms with van der Waals surface area (Å²) in [6, 6.07) is 5.66. The maximum absolute atomic E-state index is 6.20. The van der Waals surface area contributed by atoms with Gasteiger partial charge in [0.1, 0.15) is 12.1 Å². The number of hydrogen-bond acceptors (Lipinski definition) is 3. The molecule has 0 aliphatic carbocycles. The van der Waals surface area contributed by atoms with Gasteiger partial charge in [-0.25, -0.2) is 0 Å². The van der Waals surface area contributed by atoms with E-state index in [0.29, 0.717) is 30.7 Å². The first kappa shape index (κ1) is 15.1. The molecule has 0 saturated heterocycles. The number of rotatable bonds is 6. The SMILES string of the molecule is ClCCOCCOc1c(I)cc(Cl)c2cccnc12. The molecule has 1 aromatic heterocycles. The van der Waals surface area contributed by atoms with Gasteiger partial charge in [-0.2, -0.15) is 0 Å². The second-order valence-corrected chi connectivity index (χ2v) is 5.67. The van der Waals surface area contributed by atoms with Crippen molar-refractivity contribution in [2.75, 3.05) is 25.7 Å². The van der Waals surface area contributed by atoms with Gasteiger partial charge in [0.2, 0.25) is 0 Å². The number of benzene rings is 1. The summed E-state index contributed by atoms with van der Waals surface area (Å²) in [5.41, 5.74) is 0.775. The van der Waals surface area contributed by atoms with Gasteiger partial charge < -0.3 is 9.47 Å². The number of alkyl halides is 1. The molecule has 0 unspecified atom stereocenters. The number of pyridine rings is 1. The molecule has 2 aromatic rings. The van der Waals surface area contributed by atoms with Crippen molar-refractivity contribution in [2.45, 2.75) is 0 Å². The van der Waals surface area contributed by atoms with Gasteiger partial charge in [-0.15, -0.1) is 11.6 Å². The number of fused-ring (bicyclic) bond motifs is 1. The zero-order valence-corrected chi connectivity index (χ0v) is 13.7. The molecule has 0 saturated carbocycles. The molecule has 0 spiro atoms. The van der Waals surface area contributed by atoms with Crippen LogP contribution in [0.1, 0.15) is 0 Å². The minimum absolute atomic E-state index is 0.459. The molecule has 1 heterocycles. The minimum Gasteiger partial charge on any atom is -0.488 e. The lowest BCUT2D eigenvalue weighted by molar-refractivity contribution is 0.111. The van der Waals surface area contributed by atoms with Crippen molar-refractivity contribution >= 4 is 56.7 Å². The van der Waals surface area contributed by atoms with Gasteiger partial charge >= 0.3 is 0 Å². The molecule has 0 radical (unpaired) electrons. The minimum atomic E-state index is 0.459. The smallest absolute Gasteiger partial charge is 0.159 e. The summed E-state index contributed by atoms with van der Waals surface area (Å²) in [5.74, 6) is 1.23. The molecule has 0 fully saturated rings. The summed E-state index contributed by atoms with van der Waals surface area (Å²) in [7, 11) is 0. The molecule has 0 bridgehead atoms. The third kappa shape index (κ3) is 3.84. The van der Waals surface area contributed by atoms with Crippen molar-refractivity contribution < 1.29 is 9.47 Å². The molecular weight excluding hydrogens is 400 g/mol. The van der Waals surface area contributed by atoms with Crippen LogP contribution in [0.25, 0.3) is 10.9 Å². The van der Waals surface area contributed by atoms with Crippen LogP contribution in [-0.2, 0) is 4.74 Å². The van der Waals surface area contributed by atoms with E-state index in [-0.39, 0.29) is 0 Å². The number of nitrogens with zero attached hydrogens (tertiary/aromatic N) is 1. The number of hydrogen-bond donors (Lipinski definition) is 0. The Labute approximate surface area is 135 Å². The fourth-order valence-electron chi connectivity index (χ4n) is 1.64. The van der Waals surface area contributed by atoms with Crippen LogP contribution in [0.15, 0.2) is 24.4 Å². The second kappa shape index (κ2) is 7.47. The van der Waals surface area contributed by atoms with Crippen LogP contribution in [0.5, 0.6) is 5.75 Å². The monoisotopic (exact) mass is 411 g/mol. The van der Waals surface area contributed by atoms with Crippen molar-refractivity contribution in [3.63, 3.8) is 0 Å². The second-order valence-electron chi connectivity index (χ2n) is 3.72. The molecule has 0 atom stereocenters.